The fraction of sp³-hybridized carbons (Fsp3) is 0.250. The molecule has 0 spiro atoms. The summed E-state index contributed by atoms with van der Waals surface area (Å²) < 4.78 is 6.63. The first kappa shape index (κ1) is 16.1. The van der Waals surface area contributed by atoms with Crippen molar-refractivity contribution in [1.82, 2.24) is 19.8 Å². The molecular formula is C16H15N5O2S. The topological polar surface area (TPSA) is 96.1 Å². The molecular weight excluding hydrogens is 326 g/mol. The molecule has 0 aliphatic heterocycles. The molecule has 8 heteroatoms. The maximum absolute atomic E-state index is 11.5. The first-order valence-corrected chi connectivity index (χ1v) is 8.40. The van der Waals surface area contributed by atoms with Gasteiger partial charge in [-0.25, -0.2) is 4.52 Å². The summed E-state index contributed by atoms with van der Waals surface area (Å²) in [7, 11) is 0. The van der Waals surface area contributed by atoms with Crippen LogP contribution in [0.4, 0.5) is 0 Å². The number of thioether (sulfide) groups is 1. The molecule has 0 atom stereocenters. The molecule has 3 rings (SSSR count). The van der Waals surface area contributed by atoms with Crippen molar-refractivity contribution in [2.24, 2.45) is 0 Å². The van der Waals surface area contributed by atoms with Crippen molar-refractivity contribution in [3.8, 4) is 17.2 Å². The lowest BCUT2D eigenvalue weighted by atomic mass is 10.1. The van der Waals surface area contributed by atoms with Crippen LogP contribution >= 0.6 is 11.8 Å². The fourth-order valence-electron chi connectivity index (χ4n) is 2.32. The van der Waals surface area contributed by atoms with Crippen molar-refractivity contribution in [2.45, 2.75) is 18.2 Å². The smallest absolute Gasteiger partial charge is 0.306 e. The molecule has 3 aromatic rings. The predicted octanol–water partition coefficient (Wildman–Crippen LogP) is 2.64. The second kappa shape index (κ2) is 7.19. The summed E-state index contributed by atoms with van der Waals surface area (Å²) in [6, 6.07) is 4.14. The first-order chi connectivity index (χ1) is 11.7. The van der Waals surface area contributed by atoms with E-state index in [1.807, 2.05) is 12.3 Å². The Labute approximate surface area is 142 Å². The minimum absolute atomic E-state index is 0.221. The van der Waals surface area contributed by atoms with Crippen LogP contribution < -0.4 is 0 Å². The summed E-state index contributed by atoms with van der Waals surface area (Å²) in [5.41, 5.74) is 3.12. The maximum atomic E-state index is 11.5. The molecule has 0 fully saturated rings. The highest BCUT2D eigenvalue weighted by molar-refractivity contribution is 7.99. The zero-order valence-electron chi connectivity index (χ0n) is 13.0. The van der Waals surface area contributed by atoms with Crippen molar-refractivity contribution >= 4 is 23.2 Å². The van der Waals surface area contributed by atoms with Crippen LogP contribution in [0, 0.1) is 11.3 Å². The van der Waals surface area contributed by atoms with Crippen molar-refractivity contribution in [1.29, 1.82) is 5.26 Å². The lowest BCUT2D eigenvalue weighted by Gasteiger charge is -2.08. The van der Waals surface area contributed by atoms with E-state index in [1.54, 1.807) is 30.0 Å². The van der Waals surface area contributed by atoms with Gasteiger partial charge in [-0.3, -0.25) is 9.89 Å². The number of carbonyl (C=O) groups is 1. The largest absolute Gasteiger partial charge is 0.466 e. The quantitative estimate of drug-likeness (QED) is 0.547. The number of aromatic amines is 1. The molecule has 0 saturated heterocycles. The highest BCUT2D eigenvalue weighted by atomic mass is 32.2. The molecule has 0 aromatic carbocycles. The molecule has 0 amide bonds. The second-order valence-corrected chi connectivity index (χ2v) is 6.08. The van der Waals surface area contributed by atoms with Gasteiger partial charge in [0.1, 0.15) is 6.07 Å². The summed E-state index contributed by atoms with van der Waals surface area (Å²) in [5, 5.41) is 20.3. The molecule has 0 saturated carbocycles. The molecule has 0 aliphatic rings. The van der Waals surface area contributed by atoms with E-state index in [9.17, 15) is 10.1 Å². The minimum atomic E-state index is -0.221. The van der Waals surface area contributed by atoms with Crippen molar-refractivity contribution in [3.05, 3.63) is 36.4 Å². The van der Waals surface area contributed by atoms with E-state index in [0.717, 1.165) is 21.5 Å². The molecule has 0 unspecified atom stereocenters. The number of esters is 1. The lowest BCUT2D eigenvalue weighted by molar-refractivity contribution is -0.142. The van der Waals surface area contributed by atoms with Crippen molar-refractivity contribution in [2.75, 3.05) is 12.4 Å². The van der Waals surface area contributed by atoms with E-state index in [-0.39, 0.29) is 5.97 Å². The third-order valence-electron chi connectivity index (χ3n) is 3.40. The van der Waals surface area contributed by atoms with E-state index in [4.69, 9.17) is 4.74 Å². The fourth-order valence-corrected chi connectivity index (χ4v) is 3.36. The third-order valence-corrected chi connectivity index (χ3v) is 4.43. The van der Waals surface area contributed by atoms with E-state index >= 15 is 0 Å². The van der Waals surface area contributed by atoms with Crippen LogP contribution in [-0.4, -0.2) is 38.1 Å². The predicted molar refractivity (Wildman–Crippen MR) is 89.5 cm³/mol. The molecule has 0 radical (unpaired) electrons. The molecule has 7 nitrogen and oxygen atoms in total. The molecule has 0 bridgehead atoms. The highest BCUT2D eigenvalue weighted by Crippen LogP contribution is 2.31. The summed E-state index contributed by atoms with van der Waals surface area (Å²) in [6.45, 7) is 2.17. The van der Waals surface area contributed by atoms with Gasteiger partial charge < -0.3 is 4.74 Å². The Hall–Kier alpha value is -2.79. The van der Waals surface area contributed by atoms with E-state index in [1.165, 1.54) is 11.8 Å². The number of rotatable bonds is 6. The average Bonchev–Trinajstić information content (AvgIpc) is 3.24. The van der Waals surface area contributed by atoms with Crippen LogP contribution in [0.5, 0.6) is 0 Å². The summed E-state index contributed by atoms with van der Waals surface area (Å²) in [6.07, 6.45) is 7.24. The van der Waals surface area contributed by atoms with Crippen LogP contribution in [0.3, 0.4) is 0 Å². The lowest BCUT2D eigenvalue weighted by Crippen LogP contribution is -2.04. The van der Waals surface area contributed by atoms with Gasteiger partial charge >= 0.3 is 5.97 Å². The van der Waals surface area contributed by atoms with Gasteiger partial charge in [0.15, 0.2) is 0 Å². The monoisotopic (exact) mass is 341 g/mol. The summed E-state index contributed by atoms with van der Waals surface area (Å²) in [5.74, 6) is 0.348. The normalized spacial score (nSPS) is 10.7. The average molecular weight is 341 g/mol. The number of fused-ring (bicyclic) bond motifs is 1. The Balaban J connectivity index is 1.93. The van der Waals surface area contributed by atoms with Gasteiger partial charge in [0.25, 0.3) is 0 Å². The van der Waals surface area contributed by atoms with Gasteiger partial charge in [0.2, 0.25) is 0 Å². The van der Waals surface area contributed by atoms with Crippen molar-refractivity contribution < 1.29 is 9.53 Å². The first-order valence-electron chi connectivity index (χ1n) is 7.42. The zero-order valence-corrected chi connectivity index (χ0v) is 13.8. The summed E-state index contributed by atoms with van der Waals surface area (Å²) in [4.78, 5) is 12.4. The Kier molecular flexibility index (Phi) is 4.82. The number of nitrogens with one attached hydrogen (secondary N) is 1. The van der Waals surface area contributed by atoms with Gasteiger partial charge in [-0.1, -0.05) is 0 Å². The summed E-state index contributed by atoms with van der Waals surface area (Å²) >= 11 is 1.51. The number of H-pyrrole nitrogens is 1. The number of pyridine rings is 1. The van der Waals surface area contributed by atoms with Gasteiger partial charge in [-0.05, 0) is 13.0 Å². The van der Waals surface area contributed by atoms with Gasteiger partial charge in [-0.2, -0.15) is 15.5 Å². The Morgan fingerprint density at radius 3 is 3.04 bits per heavy atom. The molecule has 1 N–H and O–H groups in total. The number of ether oxygens (including phenoxy) is 1. The van der Waals surface area contributed by atoms with Crippen LogP contribution in [0.2, 0.25) is 0 Å². The number of hydrogen-bond acceptors (Lipinski definition) is 6. The third kappa shape index (κ3) is 3.26. The molecule has 3 heterocycles. The molecule has 122 valence electrons. The Bertz CT molecular complexity index is 895. The number of nitrogens with zero attached hydrogens (tertiary/aromatic N) is 4. The van der Waals surface area contributed by atoms with E-state index in [0.29, 0.717) is 24.3 Å². The Morgan fingerprint density at radius 2 is 2.33 bits per heavy atom. The van der Waals surface area contributed by atoms with E-state index in [2.05, 4.69) is 21.4 Å². The molecule has 0 aliphatic carbocycles. The van der Waals surface area contributed by atoms with Gasteiger partial charge in [0.05, 0.1) is 36.5 Å². The second-order valence-electron chi connectivity index (χ2n) is 4.95. The minimum Gasteiger partial charge on any atom is -0.466 e. The van der Waals surface area contributed by atoms with Crippen LogP contribution in [0.15, 0.2) is 35.7 Å². The van der Waals surface area contributed by atoms with Gasteiger partial charge in [-0.15, -0.1) is 11.8 Å². The van der Waals surface area contributed by atoms with E-state index < -0.39 is 0 Å². The standard InChI is InChI=1S/C16H15N5O2S/c1-2-23-15(22)3-4-24-14-5-11(13-7-18-19-8-13)10-21-16(14)12(6-17)9-20-21/h5,7-10H,2-4H2,1H3,(H,18,19). The highest BCUT2D eigenvalue weighted by Gasteiger charge is 2.13. The Morgan fingerprint density at radius 1 is 1.46 bits per heavy atom. The number of nitriles is 1. The van der Waals surface area contributed by atoms with Gasteiger partial charge in [0, 0.05) is 34.2 Å². The van der Waals surface area contributed by atoms with Crippen LogP contribution in [0.25, 0.3) is 16.6 Å². The van der Waals surface area contributed by atoms with Crippen LogP contribution in [-0.2, 0) is 9.53 Å². The maximum Gasteiger partial charge on any atom is 0.306 e. The number of hydrogen-bond donors (Lipinski definition) is 1. The number of aromatic nitrogens is 4. The molecule has 3 aromatic heterocycles. The SMILES string of the molecule is CCOC(=O)CCSc1cc(-c2cn[nH]c2)cn2ncc(C#N)c12. The zero-order chi connectivity index (χ0) is 16.9. The number of carbonyl (C=O) groups excluding carboxylic acids is 1. The van der Waals surface area contributed by atoms with Crippen molar-refractivity contribution in [3.63, 3.8) is 0 Å². The van der Waals surface area contributed by atoms with Crippen LogP contribution in [0.1, 0.15) is 18.9 Å². The molecule has 24 heavy (non-hydrogen) atoms.